The molecule has 3 heterocycles. The number of carbonyl (C=O) groups is 2. The number of benzene rings is 2. The van der Waals surface area contributed by atoms with Crippen LogP contribution >= 0.6 is 0 Å². The number of anilines is 2. The first-order valence-electron chi connectivity index (χ1n) is 10.0. The summed E-state index contributed by atoms with van der Waals surface area (Å²) in [6, 6.07) is 19.8. The van der Waals surface area contributed by atoms with Crippen LogP contribution in [-0.4, -0.2) is 23.5 Å². The van der Waals surface area contributed by atoms with Gasteiger partial charge in [-0.05, 0) is 60.9 Å². The van der Waals surface area contributed by atoms with Gasteiger partial charge in [0.1, 0.15) is 0 Å². The van der Waals surface area contributed by atoms with Crippen molar-refractivity contribution in [3.63, 3.8) is 0 Å². The molecule has 0 radical (unpaired) electrons. The molecule has 0 aliphatic carbocycles. The van der Waals surface area contributed by atoms with Gasteiger partial charge < -0.3 is 19.2 Å². The van der Waals surface area contributed by atoms with Gasteiger partial charge in [0, 0.05) is 29.5 Å². The largest absolute Gasteiger partial charge is 0.461 e. The van der Waals surface area contributed by atoms with E-state index in [1.165, 1.54) is 12.3 Å². The average molecular weight is 413 g/mol. The van der Waals surface area contributed by atoms with Crippen molar-refractivity contribution in [1.29, 1.82) is 0 Å². The van der Waals surface area contributed by atoms with Gasteiger partial charge in [-0.1, -0.05) is 23.4 Å². The van der Waals surface area contributed by atoms with Crippen LogP contribution in [0.3, 0.4) is 0 Å². The Bertz CT molecular complexity index is 1230. The third-order valence-electron chi connectivity index (χ3n) is 5.23. The third-order valence-corrected chi connectivity index (χ3v) is 5.23. The Labute approximate surface area is 178 Å². The number of nitrogens with one attached hydrogen (secondary N) is 1. The van der Waals surface area contributed by atoms with Crippen molar-refractivity contribution in [3.8, 4) is 11.5 Å². The number of aromatic nitrogens is 1. The monoisotopic (exact) mass is 413 g/mol. The van der Waals surface area contributed by atoms with E-state index in [1.807, 2.05) is 42.5 Å². The molecule has 1 N–H and O–H groups in total. The summed E-state index contributed by atoms with van der Waals surface area (Å²) in [6.45, 7) is 0.668. The van der Waals surface area contributed by atoms with Gasteiger partial charge in [0.2, 0.25) is 5.76 Å². The highest BCUT2D eigenvalue weighted by atomic mass is 16.5. The number of aryl methyl sites for hydroxylation is 1. The van der Waals surface area contributed by atoms with Gasteiger partial charge in [-0.15, -0.1) is 0 Å². The van der Waals surface area contributed by atoms with Gasteiger partial charge in [0.15, 0.2) is 11.5 Å². The van der Waals surface area contributed by atoms with E-state index in [-0.39, 0.29) is 17.5 Å². The van der Waals surface area contributed by atoms with E-state index in [9.17, 15) is 9.59 Å². The zero-order valence-corrected chi connectivity index (χ0v) is 16.6. The fourth-order valence-electron chi connectivity index (χ4n) is 3.73. The van der Waals surface area contributed by atoms with Gasteiger partial charge in [-0.2, -0.15) is 0 Å². The molecule has 0 fully saturated rings. The van der Waals surface area contributed by atoms with E-state index in [4.69, 9.17) is 8.94 Å². The molecule has 2 amide bonds. The molecule has 0 bridgehead atoms. The fraction of sp³-hybridized carbons (Fsp3) is 0.125. The molecule has 1 aliphatic rings. The van der Waals surface area contributed by atoms with Crippen LogP contribution in [0.25, 0.3) is 11.5 Å². The highest BCUT2D eigenvalue weighted by Crippen LogP contribution is 2.31. The van der Waals surface area contributed by atoms with Crippen molar-refractivity contribution in [2.24, 2.45) is 0 Å². The van der Waals surface area contributed by atoms with E-state index in [0.29, 0.717) is 29.3 Å². The van der Waals surface area contributed by atoms with Crippen LogP contribution in [0.4, 0.5) is 11.4 Å². The Hall–Kier alpha value is -4.13. The predicted molar refractivity (Wildman–Crippen MR) is 115 cm³/mol. The second kappa shape index (κ2) is 7.95. The number of amides is 2. The molecule has 0 atom stereocenters. The molecule has 7 nitrogen and oxygen atoms in total. The maximum atomic E-state index is 12.9. The highest BCUT2D eigenvalue weighted by molar-refractivity contribution is 6.07. The van der Waals surface area contributed by atoms with Gasteiger partial charge in [0.25, 0.3) is 11.8 Å². The zero-order valence-electron chi connectivity index (χ0n) is 16.6. The lowest BCUT2D eigenvalue weighted by atomic mass is 10.00. The standard InChI is InChI=1S/C24H19N3O4/c28-23(19-15-22(31-26-19)21-9-5-13-30-21)25-18-10-11-20-17(14-18)8-4-12-27(20)24(29)16-6-2-1-3-7-16/h1-3,5-7,9-11,13-15H,4,8,12H2,(H,25,28). The number of fused-ring (bicyclic) bond motifs is 1. The van der Waals surface area contributed by atoms with Crippen LogP contribution in [0.5, 0.6) is 0 Å². The third kappa shape index (κ3) is 3.73. The summed E-state index contributed by atoms with van der Waals surface area (Å²) in [5.41, 5.74) is 3.35. The van der Waals surface area contributed by atoms with Gasteiger partial charge in [-0.25, -0.2) is 0 Å². The van der Waals surface area contributed by atoms with E-state index >= 15 is 0 Å². The molecule has 154 valence electrons. The summed E-state index contributed by atoms with van der Waals surface area (Å²) in [5.74, 6) is 0.486. The number of carbonyl (C=O) groups excluding carboxylic acids is 2. The SMILES string of the molecule is O=C(Nc1ccc2c(c1)CCCN2C(=O)c1ccccc1)c1cc(-c2ccco2)on1. The maximum Gasteiger partial charge on any atom is 0.277 e. The van der Waals surface area contributed by atoms with Crippen molar-refractivity contribution in [1.82, 2.24) is 5.16 Å². The molecule has 1 aliphatic heterocycles. The van der Waals surface area contributed by atoms with Crippen LogP contribution in [0.2, 0.25) is 0 Å². The molecule has 2 aromatic carbocycles. The molecule has 0 unspecified atom stereocenters. The lowest BCUT2D eigenvalue weighted by Crippen LogP contribution is -2.35. The van der Waals surface area contributed by atoms with Gasteiger partial charge in [0.05, 0.1) is 6.26 Å². The molecule has 4 aromatic rings. The summed E-state index contributed by atoms with van der Waals surface area (Å²) >= 11 is 0. The van der Waals surface area contributed by atoms with E-state index < -0.39 is 0 Å². The predicted octanol–water partition coefficient (Wildman–Crippen LogP) is 4.78. The Balaban J connectivity index is 1.34. The van der Waals surface area contributed by atoms with Crippen LogP contribution in [0.1, 0.15) is 32.8 Å². The number of furan rings is 1. The van der Waals surface area contributed by atoms with Crippen molar-refractivity contribution in [3.05, 3.63) is 89.8 Å². The van der Waals surface area contributed by atoms with Crippen LogP contribution < -0.4 is 10.2 Å². The first-order valence-corrected chi connectivity index (χ1v) is 10.0. The maximum absolute atomic E-state index is 12.9. The molecule has 2 aromatic heterocycles. The topological polar surface area (TPSA) is 88.6 Å². The van der Waals surface area contributed by atoms with Gasteiger partial charge >= 0.3 is 0 Å². The molecule has 0 saturated carbocycles. The number of nitrogens with zero attached hydrogens (tertiary/aromatic N) is 2. The summed E-state index contributed by atoms with van der Waals surface area (Å²) in [5, 5.41) is 6.67. The van der Waals surface area contributed by atoms with E-state index in [2.05, 4.69) is 10.5 Å². The Morgan fingerprint density at radius 2 is 1.84 bits per heavy atom. The summed E-state index contributed by atoms with van der Waals surface area (Å²) in [7, 11) is 0. The lowest BCUT2D eigenvalue weighted by molar-refractivity contribution is 0.0982. The number of rotatable bonds is 4. The van der Waals surface area contributed by atoms with Crippen LogP contribution in [0, 0.1) is 0 Å². The quantitative estimate of drug-likeness (QED) is 0.520. The molecular weight excluding hydrogens is 394 g/mol. The minimum Gasteiger partial charge on any atom is -0.461 e. The second-order valence-electron chi connectivity index (χ2n) is 7.28. The summed E-state index contributed by atoms with van der Waals surface area (Å²) < 4.78 is 10.4. The van der Waals surface area contributed by atoms with E-state index in [0.717, 1.165) is 24.1 Å². The molecule has 0 spiro atoms. The molecular formula is C24H19N3O4. The minimum atomic E-state index is -0.380. The van der Waals surface area contributed by atoms with Crippen LogP contribution in [-0.2, 0) is 6.42 Å². The second-order valence-corrected chi connectivity index (χ2v) is 7.28. The van der Waals surface area contributed by atoms with Crippen molar-refractivity contribution >= 4 is 23.2 Å². The van der Waals surface area contributed by atoms with Gasteiger partial charge in [-0.3, -0.25) is 9.59 Å². The number of hydrogen-bond donors (Lipinski definition) is 1. The Kier molecular flexibility index (Phi) is 4.84. The Morgan fingerprint density at radius 1 is 0.968 bits per heavy atom. The van der Waals surface area contributed by atoms with Crippen molar-refractivity contribution in [2.75, 3.05) is 16.8 Å². The van der Waals surface area contributed by atoms with Crippen molar-refractivity contribution < 1.29 is 18.5 Å². The smallest absolute Gasteiger partial charge is 0.277 e. The Morgan fingerprint density at radius 3 is 2.65 bits per heavy atom. The summed E-state index contributed by atoms with van der Waals surface area (Å²) in [4.78, 5) is 27.3. The molecule has 5 rings (SSSR count). The first-order chi connectivity index (χ1) is 15.2. The van der Waals surface area contributed by atoms with E-state index in [1.54, 1.807) is 23.1 Å². The fourth-order valence-corrected chi connectivity index (χ4v) is 3.73. The molecule has 31 heavy (non-hydrogen) atoms. The van der Waals surface area contributed by atoms with Crippen molar-refractivity contribution in [2.45, 2.75) is 12.8 Å². The normalized spacial score (nSPS) is 13.0. The molecule has 7 heteroatoms. The highest BCUT2D eigenvalue weighted by Gasteiger charge is 2.24. The zero-order chi connectivity index (χ0) is 21.2. The summed E-state index contributed by atoms with van der Waals surface area (Å²) in [6.07, 6.45) is 3.22. The average Bonchev–Trinajstić information content (AvgIpc) is 3.51. The van der Waals surface area contributed by atoms with Crippen LogP contribution in [0.15, 0.2) is 81.9 Å². The first kappa shape index (κ1) is 18.9. The number of hydrogen-bond acceptors (Lipinski definition) is 5. The minimum absolute atomic E-state index is 0.0219. The lowest BCUT2D eigenvalue weighted by Gasteiger charge is -2.30. The molecule has 0 saturated heterocycles.